The molecule has 0 bridgehead atoms. The van der Waals surface area contributed by atoms with Crippen molar-refractivity contribution in [2.24, 2.45) is 0 Å². The third-order valence-corrected chi connectivity index (χ3v) is 2.86. The molecule has 0 aliphatic carbocycles. The summed E-state index contributed by atoms with van der Waals surface area (Å²) in [6.07, 6.45) is -3.24. The summed E-state index contributed by atoms with van der Waals surface area (Å²) >= 11 is 0. The lowest BCUT2D eigenvalue weighted by Gasteiger charge is -2.06. The zero-order valence-corrected chi connectivity index (χ0v) is 9.96. The van der Waals surface area contributed by atoms with Crippen LogP contribution in [0.15, 0.2) is 42.6 Å². The number of benzene rings is 1. The molecule has 0 radical (unpaired) electrons. The average molecular weight is 279 g/mol. The molecule has 7 heteroatoms. The monoisotopic (exact) mass is 279 g/mol. The molecule has 0 atom stereocenters. The van der Waals surface area contributed by atoms with Crippen LogP contribution in [-0.4, -0.2) is 19.7 Å². The summed E-state index contributed by atoms with van der Waals surface area (Å²) in [6, 6.07) is 9.29. The van der Waals surface area contributed by atoms with Crippen molar-refractivity contribution in [3.05, 3.63) is 48.4 Å². The molecule has 1 aromatic carbocycles. The van der Waals surface area contributed by atoms with Gasteiger partial charge in [0.15, 0.2) is 5.65 Å². The third-order valence-electron chi connectivity index (χ3n) is 2.86. The summed E-state index contributed by atoms with van der Waals surface area (Å²) in [5.74, 6) is -0.969. The summed E-state index contributed by atoms with van der Waals surface area (Å²) in [4.78, 5) is 0. The van der Waals surface area contributed by atoms with Gasteiger partial charge in [-0.15, -0.1) is 10.2 Å². The molecule has 102 valence electrons. The van der Waals surface area contributed by atoms with Crippen LogP contribution in [0.25, 0.3) is 16.8 Å². The van der Waals surface area contributed by atoms with E-state index in [1.165, 1.54) is 24.4 Å². The normalized spacial score (nSPS) is 11.9. The van der Waals surface area contributed by atoms with Crippen molar-refractivity contribution in [2.45, 2.75) is 6.18 Å². The van der Waals surface area contributed by atoms with Gasteiger partial charge in [-0.1, -0.05) is 12.1 Å². The van der Waals surface area contributed by atoms with Crippen LogP contribution in [0.4, 0.5) is 13.2 Å². The van der Waals surface area contributed by atoms with Gasteiger partial charge in [-0.25, -0.2) is 0 Å². The Hall–Kier alpha value is -2.57. The van der Waals surface area contributed by atoms with Crippen LogP contribution in [0, 0.1) is 0 Å². The average Bonchev–Trinajstić information content (AvgIpc) is 2.82. The van der Waals surface area contributed by atoms with Crippen LogP contribution in [0.2, 0.25) is 0 Å². The van der Waals surface area contributed by atoms with Gasteiger partial charge in [0.1, 0.15) is 5.75 Å². The van der Waals surface area contributed by atoms with E-state index in [9.17, 15) is 18.3 Å². The number of aromatic hydroxyl groups is 1. The van der Waals surface area contributed by atoms with E-state index < -0.39 is 12.0 Å². The Kier molecular flexibility index (Phi) is 2.63. The molecule has 0 saturated heterocycles. The maximum Gasteiger partial charge on any atom is 0.452 e. The van der Waals surface area contributed by atoms with Crippen LogP contribution < -0.4 is 0 Å². The van der Waals surface area contributed by atoms with Crippen LogP contribution in [0.3, 0.4) is 0 Å². The fraction of sp³-hybridized carbons (Fsp3) is 0.0769. The lowest BCUT2D eigenvalue weighted by molar-refractivity contribution is -0.145. The van der Waals surface area contributed by atoms with E-state index in [0.717, 1.165) is 4.40 Å². The molecule has 0 unspecified atom stereocenters. The molecule has 0 amide bonds. The Bertz CT molecular complexity index is 763. The van der Waals surface area contributed by atoms with Crippen LogP contribution in [-0.2, 0) is 6.18 Å². The van der Waals surface area contributed by atoms with Crippen molar-refractivity contribution in [3.8, 4) is 16.9 Å². The number of nitrogens with zero attached hydrogens (tertiary/aromatic N) is 3. The van der Waals surface area contributed by atoms with E-state index in [4.69, 9.17) is 0 Å². The van der Waals surface area contributed by atoms with E-state index in [1.54, 1.807) is 18.2 Å². The van der Waals surface area contributed by atoms with Crippen molar-refractivity contribution < 1.29 is 18.3 Å². The topological polar surface area (TPSA) is 50.4 Å². The molecule has 4 nitrogen and oxygen atoms in total. The fourth-order valence-corrected chi connectivity index (χ4v) is 1.91. The van der Waals surface area contributed by atoms with Crippen LogP contribution in [0.5, 0.6) is 5.75 Å². The minimum Gasteiger partial charge on any atom is -0.508 e. The zero-order valence-electron chi connectivity index (χ0n) is 9.96. The molecular weight excluding hydrogens is 271 g/mol. The summed E-state index contributed by atoms with van der Waals surface area (Å²) < 4.78 is 39.3. The van der Waals surface area contributed by atoms with Gasteiger partial charge in [0, 0.05) is 6.20 Å². The number of fused-ring (bicyclic) bond motifs is 1. The maximum atomic E-state index is 12.8. The molecule has 0 spiro atoms. The highest BCUT2D eigenvalue weighted by Gasteiger charge is 2.36. The van der Waals surface area contributed by atoms with Crippen molar-refractivity contribution in [3.63, 3.8) is 0 Å². The molecule has 2 heterocycles. The summed E-state index contributed by atoms with van der Waals surface area (Å²) in [7, 11) is 0. The number of phenolic OH excluding ortho intramolecular Hbond substituents is 1. The lowest BCUT2D eigenvalue weighted by Crippen LogP contribution is -2.10. The Morgan fingerprint density at radius 3 is 2.20 bits per heavy atom. The van der Waals surface area contributed by atoms with E-state index in [0.29, 0.717) is 11.1 Å². The van der Waals surface area contributed by atoms with Crippen LogP contribution >= 0.6 is 0 Å². The Balaban J connectivity index is 2.16. The number of pyridine rings is 1. The minimum atomic E-state index is -4.56. The standard InChI is InChI=1S/C13H8F3N3O/c14-13(15,16)12-18-17-11-6-3-9(7-19(11)12)8-1-4-10(20)5-2-8/h1-7,20H. The number of aromatic nitrogens is 3. The van der Waals surface area contributed by atoms with Gasteiger partial charge < -0.3 is 5.11 Å². The number of rotatable bonds is 1. The molecule has 20 heavy (non-hydrogen) atoms. The number of alkyl halides is 3. The lowest BCUT2D eigenvalue weighted by atomic mass is 10.1. The van der Waals surface area contributed by atoms with Gasteiger partial charge in [-0.05, 0) is 35.4 Å². The maximum absolute atomic E-state index is 12.8. The van der Waals surface area contributed by atoms with Gasteiger partial charge in [-0.3, -0.25) is 4.40 Å². The van der Waals surface area contributed by atoms with E-state index in [-0.39, 0.29) is 11.4 Å². The first-order valence-electron chi connectivity index (χ1n) is 5.66. The number of phenols is 1. The summed E-state index contributed by atoms with van der Waals surface area (Å²) in [5.41, 5.74) is 1.38. The molecule has 0 fully saturated rings. The molecule has 0 saturated carbocycles. The predicted octanol–water partition coefficient (Wildman–Crippen LogP) is 3.12. The van der Waals surface area contributed by atoms with Gasteiger partial charge in [0.25, 0.3) is 0 Å². The second-order valence-corrected chi connectivity index (χ2v) is 4.21. The first-order chi connectivity index (χ1) is 9.45. The number of hydrogen-bond acceptors (Lipinski definition) is 3. The predicted molar refractivity (Wildman–Crippen MR) is 65.1 cm³/mol. The van der Waals surface area contributed by atoms with Crippen molar-refractivity contribution in [2.75, 3.05) is 0 Å². The fourth-order valence-electron chi connectivity index (χ4n) is 1.91. The molecule has 0 aliphatic heterocycles. The summed E-state index contributed by atoms with van der Waals surface area (Å²) in [6.45, 7) is 0. The summed E-state index contributed by atoms with van der Waals surface area (Å²) in [5, 5.41) is 15.9. The third kappa shape index (κ3) is 2.07. The Labute approximate surface area is 111 Å². The van der Waals surface area contributed by atoms with Gasteiger partial charge >= 0.3 is 6.18 Å². The molecule has 0 aliphatic rings. The first kappa shape index (κ1) is 12.5. The second kappa shape index (κ2) is 4.22. The highest BCUT2D eigenvalue weighted by molar-refractivity contribution is 5.65. The first-order valence-corrected chi connectivity index (χ1v) is 5.66. The zero-order chi connectivity index (χ0) is 14.3. The van der Waals surface area contributed by atoms with Crippen LogP contribution in [0.1, 0.15) is 5.82 Å². The van der Waals surface area contributed by atoms with Gasteiger partial charge in [-0.2, -0.15) is 13.2 Å². The molecule has 3 rings (SSSR count). The van der Waals surface area contributed by atoms with Crippen molar-refractivity contribution in [1.29, 1.82) is 0 Å². The van der Waals surface area contributed by atoms with E-state index in [1.807, 2.05) is 0 Å². The molecular formula is C13H8F3N3O. The van der Waals surface area contributed by atoms with E-state index in [2.05, 4.69) is 10.2 Å². The van der Waals surface area contributed by atoms with Crippen molar-refractivity contribution in [1.82, 2.24) is 14.6 Å². The molecule has 1 N–H and O–H groups in total. The molecule has 3 aromatic rings. The smallest absolute Gasteiger partial charge is 0.452 e. The Morgan fingerprint density at radius 2 is 1.55 bits per heavy atom. The second-order valence-electron chi connectivity index (χ2n) is 4.21. The highest BCUT2D eigenvalue weighted by atomic mass is 19.4. The number of halogens is 3. The van der Waals surface area contributed by atoms with Gasteiger partial charge in [0.2, 0.25) is 5.82 Å². The SMILES string of the molecule is Oc1ccc(-c2ccc3nnc(C(F)(F)F)n3c2)cc1. The minimum absolute atomic E-state index is 0.0927. The van der Waals surface area contributed by atoms with Crippen molar-refractivity contribution >= 4 is 5.65 Å². The number of hydrogen-bond donors (Lipinski definition) is 1. The quantitative estimate of drug-likeness (QED) is 0.744. The largest absolute Gasteiger partial charge is 0.508 e. The molecule has 2 aromatic heterocycles. The Morgan fingerprint density at radius 1 is 0.900 bits per heavy atom. The van der Waals surface area contributed by atoms with E-state index >= 15 is 0 Å². The highest BCUT2D eigenvalue weighted by Crippen LogP contribution is 2.29. The van der Waals surface area contributed by atoms with Gasteiger partial charge in [0.05, 0.1) is 0 Å².